The average Bonchev–Trinajstić information content (AvgIpc) is 2.21. The maximum Gasteiger partial charge on any atom is 0.471 e. The van der Waals surface area contributed by atoms with E-state index in [9.17, 15) is 18.0 Å². The molecule has 1 aromatic rings. The number of carbonyl (C=O) groups is 1. The van der Waals surface area contributed by atoms with E-state index in [1.54, 1.807) is 0 Å². The molecule has 0 saturated carbocycles. The molecule has 0 N–H and O–H groups in total. The zero-order valence-corrected chi connectivity index (χ0v) is 10.2. The normalized spacial score (nSPS) is 11.4. The van der Waals surface area contributed by atoms with Crippen LogP contribution in [-0.2, 0) is 11.3 Å². The maximum absolute atomic E-state index is 12.1. The fourth-order valence-electron chi connectivity index (χ4n) is 1.20. The molecule has 0 bridgehead atoms. The minimum atomic E-state index is -4.87. The highest BCUT2D eigenvalue weighted by Gasteiger charge is 2.41. The number of nitrogens with zero attached hydrogens (tertiary/aromatic N) is 1. The molecule has 0 unspecified atom stereocenters. The third kappa shape index (κ3) is 3.78. The van der Waals surface area contributed by atoms with Gasteiger partial charge in [-0.05, 0) is 17.7 Å². The van der Waals surface area contributed by atoms with Crippen LogP contribution in [0.2, 0.25) is 10.0 Å². The highest BCUT2D eigenvalue weighted by atomic mass is 35.5. The lowest BCUT2D eigenvalue weighted by Gasteiger charge is -2.18. The van der Waals surface area contributed by atoms with Crippen molar-refractivity contribution in [2.75, 3.05) is 7.05 Å². The summed E-state index contributed by atoms with van der Waals surface area (Å²) >= 11 is 11.4. The van der Waals surface area contributed by atoms with Crippen LogP contribution in [0, 0.1) is 0 Å². The minimum absolute atomic E-state index is 0.185. The maximum atomic E-state index is 12.1. The van der Waals surface area contributed by atoms with Crippen LogP contribution in [0.25, 0.3) is 0 Å². The Kier molecular flexibility index (Phi) is 4.27. The largest absolute Gasteiger partial charge is 0.471 e. The molecule has 0 aliphatic rings. The van der Waals surface area contributed by atoms with E-state index in [4.69, 9.17) is 23.2 Å². The Morgan fingerprint density at radius 3 is 2.35 bits per heavy atom. The van der Waals surface area contributed by atoms with Gasteiger partial charge in [-0.25, -0.2) is 0 Å². The smallest absolute Gasteiger partial charge is 0.334 e. The third-order valence-corrected chi connectivity index (χ3v) is 2.73. The molecule has 0 heterocycles. The highest BCUT2D eigenvalue weighted by Crippen LogP contribution is 2.24. The molecule has 0 aliphatic heterocycles. The van der Waals surface area contributed by atoms with Gasteiger partial charge in [-0.3, -0.25) is 4.79 Å². The molecule has 0 spiro atoms. The van der Waals surface area contributed by atoms with Crippen molar-refractivity contribution in [1.29, 1.82) is 0 Å². The minimum Gasteiger partial charge on any atom is -0.334 e. The van der Waals surface area contributed by atoms with Crippen molar-refractivity contribution < 1.29 is 18.0 Å². The molecule has 2 nitrogen and oxygen atoms in total. The van der Waals surface area contributed by atoms with E-state index in [-0.39, 0.29) is 11.6 Å². The number of hydrogen-bond donors (Lipinski definition) is 0. The van der Waals surface area contributed by atoms with Gasteiger partial charge >= 0.3 is 12.1 Å². The molecule has 17 heavy (non-hydrogen) atoms. The van der Waals surface area contributed by atoms with Gasteiger partial charge in [0, 0.05) is 13.6 Å². The lowest BCUT2D eigenvalue weighted by molar-refractivity contribution is -0.184. The van der Waals surface area contributed by atoms with Crippen molar-refractivity contribution in [2.45, 2.75) is 12.7 Å². The van der Waals surface area contributed by atoms with Crippen molar-refractivity contribution >= 4 is 29.1 Å². The monoisotopic (exact) mass is 285 g/mol. The lowest BCUT2D eigenvalue weighted by atomic mass is 10.2. The second-order valence-electron chi connectivity index (χ2n) is 3.41. The van der Waals surface area contributed by atoms with Crippen molar-refractivity contribution in [2.24, 2.45) is 0 Å². The summed E-state index contributed by atoms with van der Waals surface area (Å²) in [5.41, 5.74) is 0.472. The van der Waals surface area contributed by atoms with Crippen molar-refractivity contribution in [3.05, 3.63) is 33.8 Å². The Balaban J connectivity index is 2.78. The summed E-state index contributed by atoms with van der Waals surface area (Å²) < 4.78 is 36.3. The summed E-state index contributed by atoms with van der Waals surface area (Å²) in [6, 6.07) is 4.39. The fraction of sp³-hybridized carbons (Fsp3) is 0.300. The van der Waals surface area contributed by atoms with E-state index in [1.807, 2.05) is 0 Å². The van der Waals surface area contributed by atoms with Crippen LogP contribution in [0.1, 0.15) is 5.56 Å². The topological polar surface area (TPSA) is 20.3 Å². The predicted octanol–water partition coefficient (Wildman–Crippen LogP) is 3.51. The Bertz CT molecular complexity index is 434. The quantitative estimate of drug-likeness (QED) is 0.814. The highest BCUT2D eigenvalue weighted by molar-refractivity contribution is 6.42. The number of benzene rings is 1. The number of carbonyl (C=O) groups excluding carboxylic acids is 1. The van der Waals surface area contributed by atoms with Crippen LogP contribution in [0.15, 0.2) is 18.2 Å². The zero-order valence-electron chi connectivity index (χ0n) is 8.68. The molecular formula is C10H8Cl2F3NO. The molecule has 0 aromatic heterocycles. The fourth-order valence-corrected chi connectivity index (χ4v) is 1.52. The van der Waals surface area contributed by atoms with Crippen molar-refractivity contribution in [3.63, 3.8) is 0 Å². The van der Waals surface area contributed by atoms with Gasteiger partial charge in [-0.1, -0.05) is 29.3 Å². The number of halogens is 5. The second kappa shape index (κ2) is 5.14. The molecule has 1 aromatic carbocycles. The third-order valence-electron chi connectivity index (χ3n) is 1.99. The molecule has 0 atom stereocenters. The Morgan fingerprint density at radius 1 is 1.29 bits per heavy atom. The number of rotatable bonds is 2. The van der Waals surface area contributed by atoms with E-state index >= 15 is 0 Å². The Labute approximate surface area is 106 Å². The molecule has 1 rings (SSSR count). The molecule has 0 radical (unpaired) electrons. The molecule has 94 valence electrons. The van der Waals surface area contributed by atoms with Crippen LogP contribution in [0.5, 0.6) is 0 Å². The van der Waals surface area contributed by atoms with Crippen LogP contribution in [0.3, 0.4) is 0 Å². The lowest BCUT2D eigenvalue weighted by Crippen LogP contribution is -2.37. The predicted molar refractivity (Wildman–Crippen MR) is 59.0 cm³/mol. The summed E-state index contributed by atoms with van der Waals surface area (Å²) in [6.07, 6.45) is -4.87. The van der Waals surface area contributed by atoms with Crippen molar-refractivity contribution in [3.8, 4) is 0 Å². The summed E-state index contributed by atoms with van der Waals surface area (Å²) in [4.78, 5) is 11.4. The van der Waals surface area contributed by atoms with Gasteiger partial charge in [0.05, 0.1) is 10.0 Å². The Hall–Kier alpha value is -0.940. The van der Waals surface area contributed by atoms with Gasteiger partial charge in [-0.15, -0.1) is 0 Å². The van der Waals surface area contributed by atoms with Crippen LogP contribution in [-0.4, -0.2) is 24.0 Å². The van der Waals surface area contributed by atoms with E-state index in [1.165, 1.54) is 18.2 Å². The summed E-state index contributed by atoms with van der Waals surface area (Å²) in [7, 11) is 1.07. The SMILES string of the molecule is CN(Cc1ccc(Cl)c(Cl)c1)C(=O)C(F)(F)F. The summed E-state index contributed by atoms with van der Waals surface area (Å²) in [6.45, 7) is -0.185. The van der Waals surface area contributed by atoms with Crippen LogP contribution < -0.4 is 0 Å². The first-order valence-corrected chi connectivity index (χ1v) is 5.23. The van der Waals surface area contributed by atoms with Gasteiger partial charge in [0.25, 0.3) is 0 Å². The standard InChI is InChI=1S/C10H8Cl2F3NO/c1-16(9(17)10(13,14)15)5-6-2-3-7(11)8(12)4-6/h2-4H,5H2,1H3. The average molecular weight is 286 g/mol. The summed E-state index contributed by atoms with van der Waals surface area (Å²) in [5, 5.41) is 0.539. The molecule has 0 fully saturated rings. The van der Waals surface area contributed by atoms with Gasteiger partial charge in [0.1, 0.15) is 0 Å². The van der Waals surface area contributed by atoms with Gasteiger partial charge < -0.3 is 4.90 Å². The molecule has 1 amide bonds. The molecule has 0 aliphatic carbocycles. The van der Waals surface area contributed by atoms with Gasteiger partial charge in [-0.2, -0.15) is 13.2 Å². The molecule has 0 saturated heterocycles. The van der Waals surface area contributed by atoms with Crippen LogP contribution >= 0.6 is 23.2 Å². The molecule has 7 heteroatoms. The van der Waals surface area contributed by atoms with Gasteiger partial charge in [0.15, 0.2) is 0 Å². The first-order valence-electron chi connectivity index (χ1n) is 4.48. The first kappa shape index (κ1) is 14.1. The van der Waals surface area contributed by atoms with E-state index in [0.717, 1.165) is 7.05 Å². The number of hydrogen-bond acceptors (Lipinski definition) is 1. The first-order chi connectivity index (χ1) is 7.71. The Morgan fingerprint density at radius 2 is 1.88 bits per heavy atom. The van der Waals surface area contributed by atoms with Crippen molar-refractivity contribution in [1.82, 2.24) is 4.90 Å². The zero-order chi connectivity index (χ0) is 13.2. The number of alkyl halides is 3. The second-order valence-corrected chi connectivity index (χ2v) is 4.22. The van der Waals surface area contributed by atoms with E-state index in [0.29, 0.717) is 15.5 Å². The van der Waals surface area contributed by atoms with E-state index < -0.39 is 12.1 Å². The van der Waals surface area contributed by atoms with Gasteiger partial charge in [0.2, 0.25) is 0 Å². The van der Waals surface area contributed by atoms with E-state index in [2.05, 4.69) is 0 Å². The molecular weight excluding hydrogens is 278 g/mol. The summed E-state index contributed by atoms with van der Waals surface area (Å²) in [5.74, 6) is -1.90. The number of amides is 1. The van der Waals surface area contributed by atoms with Crippen LogP contribution in [0.4, 0.5) is 13.2 Å².